The minimum absolute atomic E-state index is 0.160. The van der Waals surface area contributed by atoms with Gasteiger partial charge in [0.2, 0.25) is 0 Å². The number of nitrogens with one attached hydrogen (secondary N) is 2. The normalized spacial score (nSPS) is 13.5. The van der Waals surface area contributed by atoms with Gasteiger partial charge < -0.3 is 20.1 Å². The molecule has 0 radical (unpaired) electrons. The number of alkyl halides is 3. The van der Waals surface area contributed by atoms with E-state index in [2.05, 4.69) is 15.4 Å². The summed E-state index contributed by atoms with van der Waals surface area (Å²) in [5.41, 5.74) is 1.02. The molecule has 2 amide bonds. The highest BCUT2D eigenvalue weighted by molar-refractivity contribution is 6.04. The summed E-state index contributed by atoms with van der Waals surface area (Å²) in [5.74, 6) is -2.14. The molecule has 3 rings (SSSR count). The van der Waals surface area contributed by atoms with Crippen molar-refractivity contribution in [2.24, 2.45) is 0 Å². The maximum atomic E-state index is 12.3. The SMILES string of the molecule is O=C(COC(=O)/C=C/c1ccc(OC(F)(F)F)cc1)Nc1ccccc1C(=O)NC1CC1. The first-order valence-corrected chi connectivity index (χ1v) is 9.60. The number of halogens is 3. The second-order valence-corrected chi connectivity index (χ2v) is 6.90. The van der Waals surface area contributed by atoms with Crippen LogP contribution in [0.2, 0.25) is 0 Å². The molecular weight excluding hydrogens is 429 g/mol. The third-order valence-corrected chi connectivity index (χ3v) is 4.23. The Morgan fingerprint density at radius 1 is 1.03 bits per heavy atom. The minimum atomic E-state index is -4.79. The van der Waals surface area contributed by atoms with Crippen LogP contribution in [0, 0.1) is 0 Å². The number of anilines is 1. The van der Waals surface area contributed by atoms with Crippen LogP contribution in [-0.2, 0) is 14.3 Å². The van der Waals surface area contributed by atoms with Crippen LogP contribution >= 0.6 is 0 Å². The van der Waals surface area contributed by atoms with Crippen LogP contribution in [0.4, 0.5) is 18.9 Å². The van der Waals surface area contributed by atoms with Crippen LogP contribution in [0.3, 0.4) is 0 Å². The molecule has 0 spiro atoms. The molecule has 1 aliphatic rings. The molecule has 1 fully saturated rings. The maximum absolute atomic E-state index is 12.3. The van der Waals surface area contributed by atoms with Crippen molar-refractivity contribution in [3.63, 3.8) is 0 Å². The van der Waals surface area contributed by atoms with E-state index in [0.717, 1.165) is 31.1 Å². The summed E-state index contributed by atoms with van der Waals surface area (Å²) < 4.78 is 45.0. The summed E-state index contributed by atoms with van der Waals surface area (Å²) in [4.78, 5) is 36.2. The van der Waals surface area contributed by atoms with Crippen LogP contribution in [0.15, 0.2) is 54.6 Å². The molecule has 2 N–H and O–H groups in total. The van der Waals surface area contributed by atoms with Gasteiger partial charge >= 0.3 is 12.3 Å². The van der Waals surface area contributed by atoms with Crippen molar-refractivity contribution in [2.45, 2.75) is 25.2 Å². The van der Waals surface area contributed by atoms with E-state index in [1.807, 2.05) is 0 Å². The number of ether oxygens (including phenoxy) is 2. The lowest BCUT2D eigenvalue weighted by Gasteiger charge is -2.11. The number of para-hydroxylation sites is 1. The zero-order valence-electron chi connectivity index (χ0n) is 16.6. The molecule has 2 aromatic rings. The van der Waals surface area contributed by atoms with Gasteiger partial charge in [-0.25, -0.2) is 4.79 Å². The van der Waals surface area contributed by atoms with Crippen molar-refractivity contribution in [1.29, 1.82) is 0 Å². The fourth-order valence-corrected chi connectivity index (χ4v) is 2.60. The van der Waals surface area contributed by atoms with E-state index in [9.17, 15) is 27.6 Å². The summed E-state index contributed by atoms with van der Waals surface area (Å²) in [7, 11) is 0. The van der Waals surface area contributed by atoms with E-state index >= 15 is 0 Å². The Balaban J connectivity index is 1.48. The number of rotatable bonds is 8. The highest BCUT2D eigenvalue weighted by Gasteiger charge is 2.31. The summed E-state index contributed by atoms with van der Waals surface area (Å²) in [6.07, 6.45) is -0.591. The smallest absolute Gasteiger partial charge is 0.452 e. The van der Waals surface area contributed by atoms with Crippen molar-refractivity contribution >= 4 is 29.5 Å². The summed E-state index contributed by atoms with van der Waals surface area (Å²) in [6, 6.07) is 11.5. The Morgan fingerprint density at radius 3 is 2.38 bits per heavy atom. The first kappa shape index (κ1) is 22.9. The highest BCUT2D eigenvalue weighted by atomic mass is 19.4. The standard InChI is InChI=1S/C22H19F3N2O5/c23-22(24,25)32-16-10-5-14(6-11-16)7-12-20(29)31-13-19(28)27-18-4-2-1-3-17(18)21(30)26-15-8-9-15/h1-7,10-12,15H,8-9,13H2,(H,26,30)(H,27,28)/b12-7+. The van der Waals surface area contributed by atoms with Crippen molar-refractivity contribution in [2.75, 3.05) is 11.9 Å². The zero-order valence-corrected chi connectivity index (χ0v) is 16.6. The Bertz CT molecular complexity index is 1010. The lowest BCUT2D eigenvalue weighted by atomic mass is 10.1. The molecule has 32 heavy (non-hydrogen) atoms. The van der Waals surface area contributed by atoms with Crippen LogP contribution in [-0.4, -0.2) is 36.8 Å². The predicted octanol–water partition coefficient (Wildman–Crippen LogP) is 3.67. The molecule has 0 aliphatic heterocycles. The van der Waals surface area contributed by atoms with Gasteiger partial charge in [0.1, 0.15) is 5.75 Å². The van der Waals surface area contributed by atoms with Crippen molar-refractivity contribution in [1.82, 2.24) is 5.32 Å². The zero-order chi connectivity index (χ0) is 23.1. The summed E-state index contributed by atoms with van der Waals surface area (Å²) in [6.45, 7) is -0.583. The average Bonchev–Trinajstić information content (AvgIpc) is 3.55. The van der Waals surface area contributed by atoms with Gasteiger partial charge in [-0.1, -0.05) is 24.3 Å². The number of carbonyl (C=O) groups excluding carboxylic acids is 3. The summed E-state index contributed by atoms with van der Waals surface area (Å²) >= 11 is 0. The van der Waals surface area contributed by atoms with E-state index in [0.29, 0.717) is 16.8 Å². The van der Waals surface area contributed by atoms with E-state index in [-0.39, 0.29) is 17.7 Å². The average molecular weight is 448 g/mol. The van der Waals surface area contributed by atoms with Gasteiger partial charge in [-0.05, 0) is 48.7 Å². The monoisotopic (exact) mass is 448 g/mol. The number of benzene rings is 2. The Morgan fingerprint density at radius 2 is 1.72 bits per heavy atom. The quantitative estimate of drug-likeness (QED) is 0.475. The van der Waals surface area contributed by atoms with Crippen molar-refractivity contribution < 1.29 is 37.0 Å². The Kier molecular flexibility index (Phi) is 7.14. The van der Waals surface area contributed by atoms with Crippen LogP contribution in [0.5, 0.6) is 5.75 Å². The highest BCUT2D eigenvalue weighted by Crippen LogP contribution is 2.23. The molecule has 0 aromatic heterocycles. The molecule has 0 saturated heterocycles. The number of amides is 2. The van der Waals surface area contributed by atoms with Crippen LogP contribution < -0.4 is 15.4 Å². The van der Waals surface area contributed by atoms with Gasteiger partial charge in [0.25, 0.3) is 11.8 Å². The van der Waals surface area contributed by atoms with Crippen molar-refractivity contribution in [3.8, 4) is 5.75 Å². The van der Waals surface area contributed by atoms with Gasteiger partial charge in [-0.15, -0.1) is 13.2 Å². The molecule has 1 saturated carbocycles. The molecule has 0 heterocycles. The molecule has 7 nitrogen and oxygen atoms in total. The lowest BCUT2D eigenvalue weighted by molar-refractivity contribution is -0.274. The minimum Gasteiger partial charge on any atom is -0.452 e. The molecule has 0 unspecified atom stereocenters. The predicted molar refractivity (Wildman–Crippen MR) is 109 cm³/mol. The molecule has 10 heteroatoms. The molecular formula is C22H19F3N2O5. The fraction of sp³-hybridized carbons (Fsp3) is 0.227. The second kappa shape index (κ2) is 9.99. The number of carbonyl (C=O) groups is 3. The fourth-order valence-electron chi connectivity index (χ4n) is 2.60. The Hall–Kier alpha value is -3.82. The van der Waals surface area contributed by atoms with Crippen LogP contribution in [0.25, 0.3) is 6.08 Å². The number of esters is 1. The second-order valence-electron chi connectivity index (χ2n) is 6.90. The summed E-state index contributed by atoms with van der Waals surface area (Å²) in [5, 5.41) is 5.36. The number of hydrogen-bond donors (Lipinski definition) is 2. The van der Waals surface area contributed by atoms with E-state index in [4.69, 9.17) is 4.74 Å². The lowest BCUT2D eigenvalue weighted by Crippen LogP contribution is -2.27. The van der Waals surface area contributed by atoms with Gasteiger partial charge in [0, 0.05) is 12.1 Å². The van der Waals surface area contributed by atoms with Gasteiger partial charge in [-0.2, -0.15) is 0 Å². The van der Waals surface area contributed by atoms with Gasteiger partial charge in [-0.3, -0.25) is 9.59 Å². The first-order chi connectivity index (χ1) is 15.2. The van der Waals surface area contributed by atoms with E-state index in [1.165, 1.54) is 18.2 Å². The molecule has 2 aromatic carbocycles. The van der Waals surface area contributed by atoms with Crippen molar-refractivity contribution in [3.05, 3.63) is 65.7 Å². The molecule has 168 valence electrons. The molecule has 0 bridgehead atoms. The number of hydrogen-bond acceptors (Lipinski definition) is 5. The third kappa shape index (κ3) is 7.46. The topological polar surface area (TPSA) is 93.7 Å². The van der Waals surface area contributed by atoms with Gasteiger partial charge in [0.15, 0.2) is 6.61 Å². The molecule has 1 aliphatic carbocycles. The van der Waals surface area contributed by atoms with Gasteiger partial charge in [0.05, 0.1) is 11.3 Å². The first-order valence-electron chi connectivity index (χ1n) is 9.60. The molecule has 0 atom stereocenters. The largest absolute Gasteiger partial charge is 0.573 e. The van der Waals surface area contributed by atoms with E-state index in [1.54, 1.807) is 24.3 Å². The Labute approximate surface area is 181 Å². The van der Waals surface area contributed by atoms with E-state index < -0.39 is 24.8 Å². The van der Waals surface area contributed by atoms with Crippen LogP contribution in [0.1, 0.15) is 28.8 Å². The maximum Gasteiger partial charge on any atom is 0.573 e. The third-order valence-electron chi connectivity index (χ3n) is 4.23.